The second-order valence-corrected chi connectivity index (χ2v) is 11.6. The fraction of sp³-hybridized carbons (Fsp3) is 0.0500. The summed E-state index contributed by atoms with van der Waals surface area (Å²) < 4.78 is 58.4. The summed E-state index contributed by atoms with van der Waals surface area (Å²) in [5, 5.41) is 0.940. The highest BCUT2D eigenvalue weighted by atomic mass is 19.4. The van der Waals surface area contributed by atoms with Gasteiger partial charge in [0.15, 0.2) is 0 Å². The van der Waals surface area contributed by atoms with Crippen molar-refractivity contribution in [1.29, 1.82) is 0 Å². The summed E-state index contributed by atoms with van der Waals surface area (Å²) in [6, 6.07) is 33.4. The Bertz CT molecular complexity index is 2490. The number of ether oxygens (including phenoxy) is 2. The monoisotopic (exact) mass is 665 g/mol. The summed E-state index contributed by atoms with van der Waals surface area (Å²) >= 11 is 0. The lowest BCUT2D eigenvalue weighted by Crippen LogP contribution is -2.08. The zero-order valence-corrected chi connectivity index (χ0v) is 26.5. The van der Waals surface area contributed by atoms with Crippen LogP contribution >= 0.6 is 0 Å². The lowest BCUT2D eigenvalue weighted by molar-refractivity contribution is -0.138. The van der Waals surface area contributed by atoms with Crippen molar-refractivity contribution >= 4 is 21.8 Å². The highest BCUT2D eigenvalue weighted by Crippen LogP contribution is 2.45. The van der Waals surface area contributed by atoms with Gasteiger partial charge in [-0.2, -0.15) is 13.2 Å². The van der Waals surface area contributed by atoms with Gasteiger partial charge in [0.1, 0.15) is 23.0 Å². The number of nitrogens with zero attached hydrogens (tertiary/aromatic N) is 5. The molecule has 0 radical (unpaired) electrons. The van der Waals surface area contributed by atoms with Gasteiger partial charge in [-0.15, -0.1) is 0 Å². The van der Waals surface area contributed by atoms with E-state index in [1.54, 1.807) is 65.8 Å². The number of rotatable bonds is 7. The number of fused-ring (bicyclic) bond motifs is 3. The van der Waals surface area contributed by atoms with E-state index in [1.165, 1.54) is 6.07 Å². The van der Waals surface area contributed by atoms with Crippen molar-refractivity contribution in [2.75, 3.05) is 0 Å². The predicted octanol–water partition coefficient (Wildman–Crippen LogP) is 10.6. The molecule has 4 aromatic carbocycles. The van der Waals surface area contributed by atoms with Crippen LogP contribution in [0.2, 0.25) is 0 Å². The molecule has 8 rings (SSSR count). The number of benzene rings is 4. The number of hydrogen-bond acceptors (Lipinski definition) is 6. The molecule has 244 valence electrons. The third-order valence-electron chi connectivity index (χ3n) is 8.27. The number of hydrogen-bond donors (Lipinski definition) is 0. The summed E-state index contributed by atoms with van der Waals surface area (Å²) in [6.07, 6.45) is 1.83. The van der Waals surface area contributed by atoms with Gasteiger partial charge in [0.05, 0.1) is 28.0 Å². The van der Waals surface area contributed by atoms with Gasteiger partial charge < -0.3 is 9.47 Å². The van der Waals surface area contributed by atoms with Crippen LogP contribution in [0, 0.1) is 6.92 Å². The van der Waals surface area contributed by atoms with E-state index in [9.17, 15) is 13.2 Å². The first-order chi connectivity index (χ1) is 24.3. The number of aryl methyl sites for hydroxylation is 1. The first-order valence-corrected chi connectivity index (χ1v) is 15.7. The van der Waals surface area contributed by atoms with Gasteiger partial charge in [-0.25, -0.2) is 9.97 Å². The van der Waals surface area contributed by atoms with E-state index < -0.39 is 11.7 Å². The Hall–Kier alpha value is -6.55. The number of pyridine rings is 2. The van der Waals surface area contributed by atoms with Gasteiger partial charge in [-0.3, -0.25) is 14.5 Å². The molecule has 50 heavy (non-hydrogen) atoms. The summed E-state index contributed by atoms with van der Waals surface area (Å²) in [5.74, 6) is 1.26. The van der Waals surface area contributed by atoms with Crippen LogP contribution in [0.5, 0.6) is 23.0 Å². The molecular formula is C40H26F3N5O2. The Morgan fingerprint density at radius 2 is 1.08 bits per heavy atom. The Morgan fingerprint density at radius 1 is 0.540 bits per heavy atom. The molecule has 0 aliphatic heterocycles. The van der Waals surface area contributed by atoms with Crippen LogP contribution < -0.4 is 9.47 Å². The molecular weight excluding hydrogens is 639 g/mol. The van der Waals surface area contributed by atoms with Gasteiger partial charge in [0.2, 0.25) is 5.95 Å². The Balaban J connectivity index is 1.28. The second-order valence-electron chi connectivity index (χ2n) is 11.6. The molecule has 8 aromatic rings. The lowest BCUT2D eigenvalue weighted by atomic mass is 10.1. The largest absolute Gasteiger partial charge is 0.457 e. The second kappa shape index (κ2) is 12.5. The van der Waals surface area contributed by atoms with Crippen LogP contribution in [0.15, 0.2) is 140 Å². The van der Waals surface area contributed by atoms with Crippen molar-refractivity contribution in [3.63, 3.8) is 0 Å². The van der Waals surface area contributed by atoms with Crippen molar-refractivity contribution in [3.8, 4) is 51.5 Å². The third kappa shape index (κ3) is 5.87. The molecule has 0 aliphatic carbocycles. The van der Waals surface area contributed by atoms with Gasteiger partial charge in [0.25, 0.3) is 0 Å². The predicted molar refractivity (Wildman–Crippen MR) is 186 cm³/mol. The van der Waals surface area contributed by atoms with Crippen LogP contribution in [0.25, 0.3) is 50.3 Å². The van der Waals surface area contributed by atoms with Gasteiger partial charge >= 0.3 is 6.18 Å². The Labute approximate surface area is 284 Å². The van der Waals surface area contributed by atoms with Crippen LogP contribution in [-0.2, 0) is 6.18 Å². The maximum atomic E-state index is 14.7. The third-order valence-corrected chi connectivity index (χ3v) is 8.27. The van der Waals surface area contributed by atoms with E-state index in [2.05, 4.69) is 19.9 Å². The number of alkyl halides is 3. The Kier molecular flexibility index (Phi) is 7.68. The van der Waals surface area contributed by atoms with Gasteiger partial charge in [-0.1, -0.05) is 36.4 Å². The molecule has 0 saturated carbocycles. The van der Waals surface area contributed by atoms with Crippen LogP contribution in [0.1, 0.15) is 11.1 Å². The minimum atomic E-state index is -4.71. The number of halogens is 3. The number of aromatic nitrogens is 5. The molecule has 0 spiro atoms. The molecule has 0 atom stereocenters. The summed E-state index contributed by atoms with van der Waals surface area (Å²) in [5.41, 5.74) is 3.87. The maximum Gasteiger partial charge on any atom is 0.420 e. The first-order valence-electron chi connectivity index (χ1n) is 15.7. The lowest BCUT2D eigenvalue weighted by Gasteiger charge is -2.15. The topological polar surface area (TPSA) is 75.0 Å². The summed E-state index contributed by atoms with van der Waals surface area (Å²) in [4.78, 5) is 17.7. The molecule has 0 bridgehead atoms. The molecule has 10 heteroatoms. The van der Waals surface area contributed by atoms with Crippen molar-refractivity contribution in [1.82, 2.24) is 24.5 Å². The van der Waals surface area contributed by atoms with Crippen molar-refractivity contribution in [2.45, 2.75) is 13.1 Å². The molecule has 4 heterocycles. The first kappa shape index (κ1) is 30.8. The van der Waals surface area contributed by atoms with E-state index in [4.69, 9.17) is 9.47 Å². The smallest absolute Gasteiger partial charge is 0.420 e. The van der Waals surface area contributed by atoms with Crippen LogP contribution in [0.3, 0.4) is 0 Å². The van der Waals surface area contributed by atoms with E-state index in [1.807, 2.05) is 73.7 Å². The molecule has 0 unspecified atom stereocenters. The maximum absolute atomic E-state index is 14.7. The average Bonchev–Trinajstić information content (AvgIpc) is 3.44. The zero-order valence-electron chi connectivity index (χ0n) is 26.5. The van der Waals surface area contributed by atoms with Crippen LogP contribution in [-0.4, -0.2) is 24.5 Å². The van der Waals surface area contributed by atoms with E-state index >= 15 is 0 Å². The van der Waals surface area contributed by atoms with E-state index in [-0.39, 0.29) is 17.4 Å². The van der Waals surface area contributed by atoms with Crippen molar-refractivity contribution in [2.24, 2.45) is 0 Å². The fourth-order valence-corrected chi connectivity index (χ4v) is 5.97. The molecule has 7 nitrogen and oxygen atoms in total. The standard InChI is InChI=1S/C40H26F3N5O2/c1-25-19-30-31-22-32(40(41,42)43)38(50-29-12-7-10-27(21-29)34-14-3-5-16-45-34)24-36(31)48(39-46-17-8-18-47-39)35(30)23-37(25)49-28-11-6-9-26(20-28)33-13-2-4-15-44-33/h2-24H,1H3. The normalized spacial score (nSPS) is 11.6. The van der Waals surface area contributed by atoms with Crippen molar-refractivity contribution < 1.29 is 22.6 Å². The van der Waals surface area contributed by atoms with Gasteiger partial charge in [0, 0.05) is 58.8 Å². The quantitative estimate of drug-likeness (QED) is 0.169. The highest BCUT2D eigenvalue weighted by molar-refractivity contribution is 6.10. The molecule has 0 fully saturated rings. The summed E-state index contributed by atoms with van der Waals surface area (Å²) in [6.45, 7) is 1.86. The molecule has 0 aliphatic rings. The molecule has 0 N–H and O–H groups in total. The fourth-order valence-electron chi connectivity index (χ4n) is 5.97. The minimum Gasteiger partial charge on any atom is -0.457 e. The summed E-state index contributed by atoms with van der Waals surface area (Å²) in [7, 11) is 0. The Morgan fingerprint density at radius 3 is 1.64 bits per heavy atom. The zero-order chi connectivity index (χ0) is 34.2. The van der Waals surface area contributed by atoms with Crippen molar-refractivity contribution in [3.05, 3.63) is 151 Å². The van der Waals surface area contributed by atoms with Gasteiger partial charge in [-0.05, 0) is 79.2 Å². The molecule has 0 saturated heterocycles. The highest BCUT2D eigenvalue weighted by Gasteiger charge is 2.36. The molecule has 4 aromatic heterocycles. The van der Waals surface area contributed by atoms with E-state index in [0.717, 1.165) is 22.9 Å². The van der Waals surface area contributed by atoms with E-state index in [0.29, 0.717) is 44.6 Å². The SMILES string of the molecule is Cc1cc2c3cc(C(F)(F)F)c(Oc4cccc(-c5ccccn5)c4)cc3n(-c3ncccn3)c2cc1Oc1cccc(-c2ccccn2)c1. The minimum absolute atomic E-state index is 0.232. The average molecular weight is 666 g/mol. The van der Waals surface area contributed by atoms with Crippen LogP contribution in [0.4, 0.5) is 13.2 Å². The molecule has 0 amide bonds.